The van der Waals surface area contributed by atoms with Gasteiger partial charge in [-0.25, -0.2) is 9.37 Å². The Morgan fingerprint density at radius 1 is 1.50 bits per heavy atom. The van der Waals surface area contributed by atoms with Crippen LogP contribution in [0.15, 0.2) is 21.0 Å². The third-order valence-corrected chi connectivity index (χ3v) is 3.35. The molecule has 1 heterocycles. The molecule has 1 aromatic heterocycles. The predicted octanol–water partition coefficient (Wildman–Crippen LogP) is 3.71. The number of rotatable bonds is 4. The lowest BCUT2D eigenvalue weighted by molar-refractivity contribution is -0.384. The van der Waals surface area contributed by atoms with Gasteiger partial charge in [-0.2, -0.15) is 0 Å². The number of hydrogen-bond acceptors (Lipinski definition) is 5. The molecule has 0 aliphatic carbocycles. The zero-order valence-corrected chi connectivity index (χ0v) is 12.3. The minimum Gasteiger partial charge on any atom is -0.444 e. The van der Waals surface area contributed by atoms with Crippen LogP contribution in [0.5, 0.6) is 0 Å². The summed E-state index contributed by atoms with van der Waals surface area (Å²) in [6.45, 7) is 3.76. The number of nitro benzene ring substituents is 1. The molecule has 0 unspecified atom stereocenters. The lowest BCUT2D eigenvalue weighted by Crippen LogP contribution is -2.03. The molecule has 0 fully saturated rings. The van der Waals surface area contributed by atoms with Crippen LogP contribution in [-0.4, -0.2) is 9.91 Å². The zero-order valence-electron chi connectivity index (χ0n) is 10.7. The van der Waals surface area contributed by atoms with Gasteiger partial charge < -0.3 is 9.73 Å². The molecule has 0 aliphatic rings. The van der Waals surface area contributed by atoms with E-state index in [1.54, 1.807) is 13.8 Å². The van der Waals surface area contributed by atoms with E-state index in [4.69, 9.17) is 4.42 Å². The van der Waals surface area contributed by atoms with E-state index >= 15 is 0 Å². The molecular formula is C12H11BrFN3O3. The lowest BCUT2D eigenvalue weighted by Gasteiger charge is -2.06. The second-order valence-corrected chi connectivity index (χ2v) is 5.00. The smallest absolute Gasteiger partial charge is 0.295 e. The van der Waals surface area contributed by atoms with Crippen molar-refractivity contribution in [2.75, 3.05) is 5.32 Å². The maximum Gasteiger partial charge on any atom is 0.295 e. The predicted molar refractivity (Wildman–Crippen MR) is 74.1 cm³/mol. The molecule has 0 amide bonds. The van der Waals surface area contributed by atoms with Crippen molar-refractivity contribution < 1.29 is 13.7 Å². The van der Waals surface area contributed by atoms with E-state index in [-0.39, 0.29) is 22.4 Å². The van der Waals surface area contributed by atoms with Gasteiger partial charge in [0, 0.05) is 0 Å². The minimum absolute atomic E-state index is 0.144. The third kappa shape index (κ3) is 2.96. The fourth-order valence-electron chi connectivity index (χ4n) is 1.61. The van der Waals surface area contributed by atoms with Crippen molar-refractivity contribution >= 4 is 27.3 Å². The van der Waals surface area contributed by atoms with Gasteiger partial charge in [-0.05, 0) is 35.8 Å². The summed E-state index contributed by atoms with van der Waals surface area (Å²) in [5.41, 5.74) is 0.610. The van der Waals surface area contributed by atoms with Crippen molar-refractivity contribution in [3.8, 4) is 0 Å². The number of benzene rings is 1. The van der Waals surface area contributed by atoms with E-state index in [1.165, 1.54) is 6.07 Å². The van der Waals surface area contributed by atoms with Gasteiger partial charge in [-0.3, -0.25) is 10.1 Å². The van der Waals surface area contributed by atoms with Crippen LogP contribution in [0.3, 0.4) is 0 Å². The van der Waals surface area contributed by atoms with Crippen LogP contribution in [0.4, 0.5) is 15.8 Å². The molecule has 0 atom stereocenters. The molecule has 106 valence electrons. The van der Waals surface area contributed by atoms with Crippen LogP contribution in [0.2, 0.25) is 0 Å². The van der Waals surface area contributed by atoms with Crippen molar-refractivity contribution in [2.45, 2.75) is 20.4 Å². The second kappa shape index (κ2) is 5.58. The highest BCUT2D eigenvalue weighted by molar-refractivity contribution is 9.10. The Balaban J connectivity index is 2.24. The Morgan fingerprint density at radius 2 is 2.20 bits per heavy atom. The Labute approximate surface area is 122 Å². The number of oxazole rings is 1. The van der Waals surface area contributed by atoms with E-state index in [0.29, 0.717) is 11.7 Å². The molecule has 0 bridgehead atoms. The average Bonchev–Trinajstić information content (AvgIpc) is 2.69. The normalized spacial score (nSPS) is 10.6. The molecule has 8 heteroatoms. The topological polar surface area (TPSA) is 81.2 Å². The molecule has 2 rings (SSSR count). The zero-order chi connectivity index (χ0) is 14.9. The quantitative estimate of drug-likeness (QED) is 0.675. The van der Waals surface area contributed by atoms with E-state index < -0.39 is 10.7 Å². The van der Waals surface area contributed by atoms with Gasteiger partial charge in [-0.15, -0.1) is 0 Å². The van der Waals surface area contributed by atoms with E-state index in [1.807, 2.05) is 0 Å². The molecule has 1 aromatic carbocycles. The maximum absolute atomic E-state index is 13.3. The van der Waals surface area contributed by atoms with Gasteiger partial charge in [0.2, 0.25) is 5.89 Å². The highest BCUT2D eigenvalue weighted by Crippen LogP contribution is 2.30. The van der Waals surface area contributed by atoms with E-state index in [0.717, 1.165) is 11.8 Å². The van der Waals surface area contributed by atoms with Gasteiger partial charge in [0.15, 0.2) is 0 Å². The highest BCUT2D eigenvalue weighted by Gasteiger charge is 2.18. The van der Waals surface area contributed by atoms with Gasteiger partial charge in [0.1, 0.15) is 17.3 Å². The largest absolute Gasteiger partial charge is 0.444 e. The summed E-state index contributed by atoms with van der Waals surface area (Å²) in [5.74, 6) is 0.413. The van der Waals surface area contributed by atoms with Gasteiger partial charge in [-0.1, -0.05) is 0 Å². The molecular weight excluding hydrogens is 333 g/mol. The first-order valence-corrected chi connectivity index (χ1v) is 6.48. The van der Waals surface area contributed by atoms with Crippen LogP contribution in [0.1, 0.15) is 17.3 Å². The van der Waals surface area contributed by atoms with Crippen molar-refractivity contribution in [1.82, 2.24) is 4.98 Å². The molecule has 1 N–H and O–H groups in total. The first-order chi connectivity index (χ1) is 9.38. The standard InChI is InChI=1S/C12H11BrFN3O3/c1-6-7(2)20-12(16-6)5-15-10-3-8(13)9(14)4-11(10)17(18)19/h3-4,15H,5H2,1-2H3. The number of nitrogens with one attached hydrogen (secondary N) is 1. The molecule has 20 heavy (non-hydrogen) atoms. The average molecular weight is 344 g/mol. The summed E-state index contributed by atoms with van der Waals surface area (Å²) in [7, 11) is 0. The highest BCUT2D eigenvalue weighted by atomic mass is 79.9. The maximum atomic E-state index is 13.3. The summed E-state index contributed by atoms with van der Waals surface area (Å²) in [4.78, 5) is 14.4. The first-order valence-electron chi connectivity index (χ1n) is 5.68. The molecule has 0 radical (unpaired) electrons. The number of nitro groups is 1. The number of aromatic nitrogens is 1. The fourth-order valence-corrected chi connectivity index (χ4v) is 1.96. The summed E-state index contributed by atoms with van der Waals surface area (Å²) in [5, 5.41) is 13.7. The minimum atomic E-state index is -0.690. The van der Waals surface area contributed by atoms with E-state index in [2.05, 4.69) is 26.2 Å². The van der Waals surface area contributed by atoms with Crippen molar-refractivity contribution in [2.24, 2.45) is 0 Å². The number of halogens is 2. The Morgan fingerprint density at radius 3 is 2.75 bits per heavy atom. The van der Waals surface area contributed by atoms with Gasteiger partial charge >= 0.3 is 0 Å². The molecule has 0 saturated carbocycles. The van der Waals surface area contributed by atoms with Crippen LogP contribution in [-0.2, 0) is 6.54 Å². The summed E-state index contributed by atoms with van der Waals surface area (Å²) in [6, 6.07) is 2.18. The molecule has 0 aliphatic heterocycles. The van der Waals surface area contributed by atoms with Crippen LogP contribution in [0, 0.1) is 29.8 Å². The number of anilines is 1. The summed E-state index contributed by atoms with van der Waals surface area (Å²) in [6.07, 6.45) is 0. The van der Waals surface area contributed by atoms with Crippen LogP contribution < -0.4 is 5.32 Å². The number of nitrogens with zero attached hydrogens (tertiary/aromatic N) is 2. The summed E-state index contributed by atoms with van der Waals surface area (Å²) < 4.78 is 18.8. The van der Waals surface area contributed by atoms with Gasteiger partial charge in [0.25, 0.3) is 5.69 Å². The number of aryl methyl sites for hydroxylation is 2. The SMILES string of the molecule is Cc1nc(CNc2cc(Br)c(F)cc2[N+](=O)[O-])oc1C. The Hall–Kier alpha value is -1.96. The molecule has 0 saturated heterocycles. The first kappa shape index (κ1) is 14.4. The second-order valence-electron chi connectivity index (χ2n) is 4.14. The summed E-state index contributed by atoms with van der Waals surface area (Å²) >= 11 is 2.99. The van der Waals surface area contributed by atoms with Crippen molar-refractivity contribution in [3.05, 3.63) is 49.9 Å². The number of hydrogen-bond donors (Lipinski definition) is 1. The Kier molecular flexibility index (Phi) is 4.03. The van der Waals surface area contributed by atoms with Gasteiger partial charge in [0.05, 0.1) is 27.7 Å². The fraction of sp³-hybridized carbons (Fsp3) is 0.250. The van der Waals surface area contributed by atoms with Crippen LogP contribution >= 0.6 is 15.9 Å². The third-order valence-electron chi connectivity index (χ3n) is 2.74. The van der Waals surface area contributed by atoms with Crippen molar-refractivity contribution in [3.63, 3.8) is 0 Å². The van der Waals surface area contributed by atoms with Crippen LogP contribution in [0.25, 0.3) is 0 Å². The molecule has 6 nitrogen and oxygen atoms in total. The monoisotopic (exact) mass is 343 g/mol. The lowest BCUT2D eigenvalue weighted by atomic mass is 10.2. The van der Waals surface area contributed by atoms with E-state index in [9.17, 15) is 14.5 Å². The Bertz CT molecular complexity index is 653. The molecule has 2 aromatic rings. The van der Waals surface area contributed by atoms with Crippen molar-refractivity contribution in [1.29, 1.82) is 0 Å². The molecule has 0 spiro atoms.